The van der Waals surface area contributed by atoms with E-state index < -0.39 is 214 Å². The molecule has 0 aliphatic carbocycles. The summed E-state index contributed by atoms with van der Waals surface area (Å²) in [5, 5.41) is -1.08. The molecular weight excluding hydrogens is 1420 g/mol. The fourth-order valence-corrected chi connectivity index (χ4v) is 16.1. The van der Waals surface area contributed by atoms with Crippen LogP contribution in [0.4, 0.5) is 34.1 Å². The highest BCUT2D eigenvalue weighted by molar-refractivity contribution is 7.00. The van der Waals surface area contributed by atoms with Gasteiger partial charge in [0.15, 0.2) is 34.9 Å². The van der Waals surface area contributed by atoms with Crippen LogP contribution in [0, 0.1) is 0 Å². The standard InChI is InChI=1S/C106H89BN10/c1-103(2,3)72-50-55-90(82(61-72)101-110-97(66-33-17-13-18-34-66)108-98(111-101)67-35-19-14-20-36-67)116-92-59-70(71-57-74(105(7,8)9)60-75(58-71)106(10,11)12)49-53-84(92)107-85-54-52-76(114-86-45-29-25-41-78(86)79-42-26-30-46-87(79)114)63-93(85)117(95-65-77(64-94(116)96(95)107)115-88-47-31-27-43-80(88)81-44-28-32-48-89(81)115)91-56-51-73(104(4,5)6)62-83(91)102-112-99(68-37-21-15-22-38-68)109-100(113-102)69-39-23-16-24-40-69/h13-65H,1-12H3/i15D,16D,21D,22D,23D,24D,25D,26D,27D,28D,29D,30D,31D,32D,37D,38D,39D,40D,41D,42D,43D,44D,45D,46D,47D,48D. The molecule has 2 aliphatic heterocycles. The molecule has 0 radical (unpaired) electrons. The van der Waals surface area contributed by atoms with E-state index in [1.807, 2.05) is 118 Å². The highest BCUT2D eigenvalue weighted by Gasteiger charge is 2.46. The molecule has 0 spiro atoms. The van der Waals surface area contributed by atoms with Crippen LogP contribution in [0.1, 0.15) is 141 Å². The molecule has 566 valence electrons. The first-order valence-corrected chi connectivity index (χ1v) is 38.6. The second-order valence-electron chi connectivity index (χ2n) is 33.7. The summed E-state index contributed by atoms with van der Waals surface area (Å²) in [5.41, 5.74) is 4.92. The van der Waals surface area contributed by atoms with Gasteiger partial charge in [-0.25, -0.2) is 29.9 Å². The number of nitrogens with zero attached hydrogens (tertiary/aromatic N) is 10. The van der Waals surface area contributed by atoms with Crippen molar-refractivity contribution in [3.05, 3.63) is 343 Å². The second kappa shape index (κ2) is 27.6. The molecule has 2 aliphatic rings. The van der Waals surface area contributed by atoms with Gasteiger partial charge in [-0.05, 0) is 150 Å². The van der Waals surface area contributed by atoms with Crippen LogP contribution in [-0.2, 0) is 21.7 Å². The lowest BCUT2D eigenvalue weighted by Gasteiger charge is -2.45. The summed E-state index contributed by atoms with van der Waals surface area (Å²) in [5.74, 6) is -0.890. The minimum Gasteiger partial charge on any atom is -0.311 e. The zero-order valence-electron chi connectivity index (χ0n) is 92.1. The number of hydrogen-bond donors (Lipinski definition) is 0. The van der Waals surface area contributed by atoms with Gasteiger partial charge in [0.2, 0.25) is 0 Å². The Morgan fingerprint density at radius 1 is 0.256 bits per heavy atom. The van der Waals surface area contributed by atoms with Gasteiger partial charge in [-0.3, -0.25) is 0 Å². The fourth-order valence-electron chi connectivity index (χ4n) is 16.1. The van der Waals surface area contributed by atoms with E-state index in [-0.39, 0.29) is 89.1 Å². The zero-order chi connectivity index (χ0) is 103. The number of fused-ring (bicyclic) bond motifs is 10. The van der Waals surface area contributed by atoms with Gasteiger partial charge in [-0.15, -0.1) is 0 Å². The van der Waals surface area contributed by atoms with E-state index >= 15 is 0 Å². The summed E-state index contributed by atoms with van der Waals surface area (Å²) in [6, 6.07) is 32.6. The average Bonchev–Trinajstić information content (AvgIpc) is 1.67. The summed E-state index contributed by atoms with van der Waals surface area (Å²) in [6.07, 6.45) is 0. The van der Waals surface area contributed by atoms with Crippen LogP contribution in [-0.4, -0.2) is 45.8 Å². The van der Waals surface area contributed by atoms with Crippen molar-refractivity contribution in [2.24, 2.45) is 0 Å². The SMILES string of the molecule is [2H]c1c([2H])c([2H])c(-c2nc(-c3cc(C(C)(C)C)ccc3N3c4cc(-n5c6c([2H])c([2H])c([2H])c([2H])c6c6c([2H])c([2H])c([2H])c([2H])c65)ccc4B4c5ccc(-c6cc(C(C)(C)C)cc(C(C)(C)C)c6)cc5N(c5ccc(C(C)(C)C)cc5-c5nc(-c6ccccc6)nc(-c6ccccc6)n5)c5cc(-n6c7c([2H])c([2H])c([2H])c([2H])c7c7c([2H])c([2H])c([2H])c([2H])c76)cc3c54)nc(-c3c([2H])c([2H])c([2H])c([2H])c3[2H])n2)c([2H])c1[2H]. The maximum Gasteiger partial charge on any atom is 0.252 e. The Bertz CT molecular complexity index is 8290. The molecule has 117 heavy (non-hydrogen) atoms. The van der Waals surface area contributed by atoms with Crippen molar-refractivity contribution in [1.29, 1.82) is 0 Å². The smallest absolute Gasteiger partial charge is 0.252 e. The van der Waals surface area contributed by atoms with E-state index in [4.69, 9.17) is 38.1 Å². The Kier molecular flexibility index (Phi) is 11.6. The van der Waals surface area contributed by atoms with E-state index in [2.05, 4.69) is 91.5 Å². The lowest BCUT2D eigenvalue weighted by molar-refractivity contribution is 0.569. The van der Waals surface area contributed by atoms with Crippen LogP contribution in [0.25, 0.3) is 134 Å². The fraction of sp³-hybridized carbons (Fsp3) is 0.151. The zero-order valence-corrected chi connectivity index (χ0v) is 66.1. The van der Waals surface area contributed by atoms with Gasteiger partial charge in [-0.2, -0.15) is 0 Å². The Morgan fingerprint density at radius 3 is 1.02 bits per heavy atom. The van der Waals surface area contributed by atoms with Gasteiger partial charge in [-0.1, -0.05) is 325 Å². The van der Waals surface area contributed by atoms with Crippen LogP contribution in [0.5, 0.6) is 0 Å². The first-order chi connectivity index (χ1) is 67.3. The quantitative estimate of drug-likeness (QED) is 0.118. The van der Waals surface area contributed by atoms with E-state index in [1.54, 1.807) is 47.4 Å². The number of benzene rings is 14. The van der Waals surface area contributed by atoms with Gasteiger partial charge >= 0.3 is 0 Å². The first kappa shape index (κ1) is 49.2. The maximum atomic E-state index is 10.3. The van der Waals surface area contributed by atoms with E-state index in [1.165, 1.54) is 9.13 Å². The Morgan fingerprint density at radius 2 is 0.607 bits per heavy atom. The van der Waals surface area contributed by atoms with Crippen molar-refractivity contribution in [1.82, 2.24) is 39.0 Å². The van der Waals surface area contributed by atoms with Crippen LogP contribution >= 0.6 is 0 Å². The molecule has 0 saturated heterocycles. The van der Waals surface area contributed by atoms with Crippen molar-refractivity contribution >= 4 is 101 Å². The predicted octanol–water partition coefficient (Wildman–Crippen LogP) is 25.2. The van der Waals surface area contributed by atoms with Gasteiger partial charge in [0, 0.05) is 83.4 Å². The molecule has 0 amide bonds. The third-order valence-corrected chi connectivity index (χ3v) is 22.1. The molecule has 0 fully saturated rings. The minimum absolute atomic E-state index is 0.0186. The Balaban J connectivity index is 1.04. The van der Waals surface area contributed by atoms with Crippen molar-refractivity contribution in [3.63, 3.8) is 0 Å². The highest BCUT2D eigenvalue weighted by atomic mass is 15.2. The van der Waals surface area contributed by atoms with Crippen molar-refractivity contribution in [2.75, 3.05) is 9.80 Å². The lowest BCUT2D eigenvalue weighted by Crippen LogP contribution is -2.61. The molecule has 0 atom stereocenters. The third kappa shape index (κ3) is 12.6. The van der Waals surface area contributed by atoms with Gasteiger partial charge in [0.05, 0.1) is 74.8 Å². The number of rotatable bonds is 11. The van der Waals surface area contributed by atoms with Crippen molar-refractivity contribution < 1.29 is 35.6 Å². The molecule has 0 saturated carbocycles. The summed E-state index contributed by atoms with van der Waals surface area (Å²) in [4.78, 5) is 35.2. The van der Waals surface area contributed by atoms with Crippen molar-refractivity contribution in [3.8, 4) is 90.8 Å². The molecule has 20 rings (SSSR count). The normalized spacial score (nSPS) is 16.0. The molecule has 0 N–H and O–H groups in total. The summed E-state index contributed by atoms with van der Waals surface area (Å²) in [7, 11) is 0. The number of anilines is 6. The molecule has 11 heteroatoms. The van der Waals surface area contributed by atoms with Gasteiger partial charge < -0.3 is 18.9 Å². The number of aromatic nitrogens is 8. The molecule has 14 aromatic carbocycles. The monoisotopic (exact) mass is 1540 g/mol. The molecular formula is C106H89BN10. The molecule has 18 aromatic rings. The first-order valence-electron chi connectivity index (χ1n) is 51.6. The average molecular weight is 1540 g/mol. The largest absolute Gasteiger partial charge is 0.311 e. The summed E-state index contributed by atoms with van der Waals surface area (Å²) in [6.45, 7) is 23.8. The molecule has 4 aromatic heterocycles. The Hall–Kier alpha value is -13.6. The van der Waals surface area contributed by atoms with Crippen molar-refractivity contribution in [2.45, 2.75) is 105 Å². The summed E-state index contributed by atoms with van der Waals surface area (Å²) < 4.78 is 251. The number of hydrogen-bond acceptors (Lipinski definition) is 8. The third-order valence-electron chi connectivity index (χ3n) is 22.1. The van der Waals surface area contributed by atoms with E-state index in [0.717, 1.165) is 22.3 Å². The van der Waals surface area contributed by atoms with Crippen LogP contribution < -0.4 is 26.2 Å². The summed E-state index contributed by atoms with van der Waals surface area (Å²) >= 11 is 0. The van der Waals surface area contributed by atoms with E-state index in [0.29, 0.717) is 67.2 Å². The topological polar surface area (TPSA) is 93.7 Å². The Labute approximate surface area is 721 Å². The minimum atomic E-state index is -1.09. The lowest BCUT2D eigenvalue weighted by atomic mass is 9.33. The van der Waals surface area contributed by atoms with E-state index in [9.17, 15) is 27.4 Å². The second-order valence-corrected chi connectivity index (χ2v) is 33.7. The van der Waals surface area contributed by atoms with Crippen LogP contribution in [0.3, 0.4) is 0 Å². The maximum absolute atomic E-state index is 10.3. The predicted molar refractivity (Wildman–Crippen MR) is 489 cm³/mol. The highest BCUT2D eigenvalue weighted by Crippen LogP contribution is 2.53. The molecule has 6 heterocycles. The van der Waals surface area contributed by atoms with Gasteiger partial charge in [0.25, 0.3) is 6.71 Å². The van der Waals surface area contributed by atoms with Crippen LogP contribution in [0.2, 0.25) is 0 Å². The molecule has 10 nitrogen and oxygen atoms in total. The molecule has 0 bridgehead atoms. The molecule has 0 unspecified atom stereocenters. The van der Waals surface area contributed by atoms with Crippen LogP contribution in [0.15, 0.2) is 321 Å². The van der Waals surface area contributed by atoms with Gasteiger partial charge in [0.1, 0.15) is 0 Å². The number of para-hydroxylation sites is 4.